The molecule has 0 atom stereocenters. The van der Waals surface area contributed by atoms with E-state index in [1.807, 2.05) is 47.0 Å². The second kappa shape index (κ2) is 9.21. The minimum atomic E-state index is -0.245. The first kappa shape index (κ1) is 21.5. The number of rotatable bonds is 5. The zero-order valence-corrected chi connectivity index (χ0v) is 17.7. The molecule has 162 valence electrons. The van der Waals surface area contributed by atoms with Crippen molar-refractivity contribution in [3.63, 3.8) is 0 Å². The lowest BCUT2D eigenvalue weighted by Gasteiger charge is -2.08. The van der Waals surface area contributed by atoms with Gasteiger partial charge in [0.1, 0.15) is 22.5 Å². The molecule has 0 saturated carbocycles. The predicted molar refractivity (Wildman–Crippen MR) is 122 cm³/mol. The summed E-state index contributed by atoms with van der Waals surface area (Å²) in [6.45, 7) is 1.22. The van der Waals surface area contributed by atoms with Crippen LogP contribution in [0.1, 0.15) is 11.1 Å². The van der Waals surface area contributed by atoms with Gasteiger partial charge in [-0.05, 0) is 53.6 Å². The zero-order valence-electron chi connectivity index (χ0n) is 16.9. The van der Waals surface area contributed by atoms with Crippen molar-refractivity contribution in [3.8, 4) is 11.5 Å². The highest BCUT2D eigenvalue weighted by molar-refractivity contribution is 5.85. The Balaban J connectivity index is 0.00000245. The number of benzene rings is 2. The molecule has 2 N–H and O–H groups in total. The van der Waals surface area contributed by atoms with Gasteiger partial charge in [0.2, 0.25) is 0 Å². The van der Waals surface area contributed by atoms with Crippen LogP contribution in [0.5, 0.6) is 0 Å². The summed E-state index contributed by atoms with van der Waals surface area (Å²) in [7, 11) is 0. The predicted octanol–water partition coefficient (Wildman–Crippen LogP) is 4.89. The fourth-order valence-electron chi connectivity index (χ4n) is 3.56. The average molecular weight is 451 g/mol. The fourth-order valence-corrected chi connectivity index (χ4v) is 3.56. The van der Waals surface area contributed by atoms with Gasteiger partial charge in [-0.25, -0.2) is 9.37 Å². The van der Waals surface area contributed by atoms with Crippen LogP contribution in [0.4, 0.5) is 4.39 Å². The van der Waals surface area contributed by atoms with Crippen molar-refractivity contribution in [3.05, 3.63) is 102 Å². The van der Waals surface area contributed by atoms with E-state index in [0.29, 0.717) is 40.9 Å². The molecule has 0 unspecified atom stereocenters. The quantitative estimate of drug-likeness (QED) is 0.295. The molecule has 6 nitrogen and oxygen atoms in total. The number of hydrogen-bond donors (Lipinski definition) is 2. The SMILES string of the molecule is Cl.ON=c1cc(-c2cc3cccn3cn2)oc2ccc(CNCc3ccc(F)cc3)cc12. The molecule has 0 aliphatic carbocycles. The van der Waals surface area contributed by atoms with Crippen molar-refractivity contribution in [2.45, 2.75) is 13.1 Å². The maximum Gasteiger partial charge on any atom is 0.155 e. The third-order valence-electron chi connectivity index (χ3n) is 5.16. The fraction of sp³-hybridized carbons (Fsp3) is 0.0833. The number of fused-ring (bicyclic) bond motifs is 2. The molecule has 8 heteroatoms. The van der Waals surface area contributed by atoms with Crippen LogP contribution in [0.3, 0.4) is 0 Å². The van der Waals surface area contributed by atoms with Crippen LogP contribution in [0, 0.1) is 5.82 Å². The van der Waals surface area contributed by atoms with E-state index in [4.69, 9.17) is 4.42 Å². The van der Waals surface area contributed by atoms with E-state index < -0.39 is 0 Å². The average Bonchev–Trinajstić information content (AvgIpc) is 3.27. The lowest BCUT2D eigenvalue weighted by atomic mass is 10.1. The van der Waals surface area contributed by atoms with Gasteiger partial charge in [-0.15, -0.1) is 12.4 Å². The minimum absolute atomic E-state index is 0. The highest BCUT2D eigenvalue weighted by atomic mass is 35.5. The molecular formula is C24H20ClFN4O2. The number of halogens is 2. The molecule has 5 rings (SSSR count). The van der Waals surface area contributed by atoms with Crippen LogP contribution in [0.2, 0.25) is 0 Å². The maximum absolute atomic E-state index is 13.0. The van der Waals surface area contributed by atoms with Gasteiger partial charge in [-0.3, -0.25) is 0 Å². The monoisotopic (exact) mass is 450 g/mol. The van der Waals surface area contributed by atoms with Crippen molar-refractivity contribution < 1.29 is 14.0 Å². The standard InChI is InChI=1S/C24H19FN4O2.ClH/c25-18-6-3-16(4-7-18)13-26-14-17-5-8-23-20(10-17)21(28-30)12-24(31-23)22-11-19-2-1-9-29(19)15-27-22;/h1-12,15,26,30H,13-14H2;1H. The molecule has 0 fully saturated rings. The van der Waals surface area contributed by atoms with E-state index in [2.05, 4.69) is 15.5 Å². The van der Waals surface area contributed by atoms with Crippen molar-refractivity contribution in [2.24, 2.45) is 5.16 Å². The van der Waals surface area contributed by atoms with Crippen LogP contribution in [0.25, 0.3) is 27.9 Å². The zero-order chi connectivity index (χ0) is 21.2. The lowest BCUT2D eigenvalue weighted by molar-refractivity contribution is 0.302. The molecule has 0 bridgehead atoms. The summed E-state index contributed by atoms with van der Waals surface area (Å²) in [6, 6.07) is 19.7. The third-order valence-corrected chi connectivity index (χ3v) is 5.16. The molecule has 3 heterocycles. The van der Waals surface area contributed by atoms with E-state index in [1.54, 1.807) is 24.5 Å². The summed E-state index contributed by atoms with van der Waals surface area (Å²) in [6.07, 6.45) is 3.64. The Hall–Kier alpha value is -3.68. The van der Waals surface area contributed by atoms with E-state index in [-0.39, 0.29) is 18.2 Å². The van der Waals surface area contributed by atoms with Crippen molar-refractivity contribution in [2.75, 3.05) is 0 Å². The maximum atomic E-state index is 13.0. The van der Waals surface area contributed by atoms with Gasteiger partial charge in [-0.2, -0.15) is 0 Å². The van der Waals surface area contributed by atoms with E-state index >= 15 is 0 Å². The molecule has 0 radical (unpaired) electrons. The molecule has 0 saturated heterocycles. The summed E-state index contributed by atoms with van der Waals surface area (Å²) >= 11 is 0. The van der Waals surface area contributed by atoms with E-state index in [9.17, 15) is 9.60 Å². The van der Waals surface area contributed by atoms with Gasteiger partial charge in [0.15, 0.2) is 5.76 Å². The molecule has 0 spiro atoms. The first-order valence-corrected chi connectivity index (χ1v) is 9.83. The first-order chi connectivity index (χ1) is 15.2. The molecule has 32 heavy (non-hydrogen) atoms. The largest absolute Gasteiger partial charge is 0.454 e. The molecule has 5 aromatic rings. The van der Waals surface area contributed by atoms with E-state index in [0.717, 1.165) is 16.6 Å². The Kier molecular flexibility index (Phi) is 6.20. The summed E-state index contributed by atoms with van der Waals surface area (Å²) in [4.78, 5) is 4.44. The summed E-state index contributed by atoms with van der Waals surface area (Å²) in [5.74, 6) is 0.275. The Bertz CT molecular complexity index is 1440. The van der Waals surface area contributed by atoms with Crippen LogP contribution >= 0.6 is 12.4 Å². The molecule has 3 aromatic heterocycles. The summed E-state index contributed by atoms with van der Waals surface area (Å²) in [5.41, 5.74) is 4.26. The Labute approximate surface area is 189 Å². The highest BCUT2D eigenvalue weighted by Crippen LogP contribution is 2.22. The summed E-state index contributed by atoms with van der Waals surface area (Å²) in [5, 5.41) is 17.5. The van der Waals surface area contributed by atoms with Crippen LogP contribution in [-0.4, -0.2) is 14.6 Å². The topological polar surface area (TPSA) is 75.1 Å². The third kappa shape index (κ3) is 4.34. The first-order valence-electron chi connectivity index (χ1n) is 9.83. The van der Waals surface area contributed by atoms with Crippen molar-refractivity contribution in [1.29, 1.82) is 0 Å². The van der Waals surface area contributed by atoms with Gasteiger partial charge >= 0.3 is 0 Å². The molecule has 0 amide bonds. The van der Waals surface area contributed by atoms with Gasteiger partial charge in [0.05, 0.1) is 6.33 Å². The van der Waals surface area contributed by atoms with Crippen LogP contribution in [0.15, 0.2) is 88.8 Å². The molecule has 0 aliphatic heterocycles. The Morgan fingerprint density at radius 1 is 1.00 bits per heavy atom. The minimum Gasteiger partial charge on any atom is -0.454 e. The number of hydrogen-bond acceptors (Lipinski definition) is 5. The van der Waals surface area contributed by atoms with Crippen molar-refractivity contribution >= 4 is 28.9 Å². The normalized spacial score (nSPS) is 11.7. The number of aromatic nitrogens is 2. The van der Waals surface area contributed by atoms with Gasteiger partial charge < -0.3 is 19.3 Å². The van der Waals surface area contributed by atoms with E-state index in [1.165, 1.54) is 12.1 Å². The van der Waals surface area contributed by atoms with Gasteiger partial charge in [0, 0.05) is 36.3 Å². The van der Waals surface area contributed by atoms with Crippen LogP contribution < -0.4 is 10.7 Å². The second-order valence-electron chi connectivity index (χ2n) is 7.27. The molecule has 0 aliphatic rings. The number of nitrogens with one attached hydrogen (secondary N) is 1. The highest BCUT2D eigenvalue weighted by Gasteiger charge is 2.09. The Morgan fingerprint density at radius 3 is 2.59 bits per heavy atom. The molecular weight excluding hydrogens is 431 g/mol. The lowest BCUT2D eigenvalue weighted by Crippen LogP contribution is -2.13. The molecule has 2 aromatic carbocycles. The smallest absolute Gasteiger partial charge is 0.155 e. The van der Waals surface area contributed by atoms with Gasteiger partial charge in [-0.1, -0.05) is 23.4 Å². The summed E-state index contributed by atoms with van der Waals surface area (Å²) < 4.78 is 21.0. The number of nitrogens with zero attached hydrogens (tertiary/aromatic N) is 3. The Morgan fingerprint density at radius 2 is 1.78 bits per heavy atom. The van der Waals surface area contributed by atoms with Crippen molar-refractivity contribution in [1.82, 2.24) is 14.7 Å². The second-order valence-corrected chi connectivity index (χ2v) is 7.27. The van der Waals surface area contributed by atoms with Crippen LogP contribution in [-0.2, 0) is 13.1 Å². The van der Waals surface area contributed by atoms with Gasteiger partial charge in [0.25, 0.3) is 0 Å².